The van der Waals surface area contributed by atoms with Gasteiger partial charge in [-0.2, -0.15) is 18.3 Å². The highest BCUT2D eigenvalue weighted by atomic mass is 35.5. The van der Waals surface area contributed by atoms with Crippen LogP contribution in [0.2, 0.25) is 5.02 Å². The van der Waals surface area contributed by atoms with Crippen molar-refractivity contribution in [2.45, 2.75) is 31.9 Å². The summed E-state index contributed by atoms with van der Waals surface area (Å²) in [7, 11) is 0. The number of aromatic nitrogens is 2. The first kappa shape index (κ1) is 28.3. The molecule has 1 aliphatic rings. The molecular formula is C27H19ClF6N4O3. The zero-order chi connectivity index (χ0) is 29.6. The van der Waals surface area contributed by atoms with Gasteiger partial charge < -0.3 is 15.4 Å². The summed E-state index contributed by atoms with van der Waals surface area (Å²) < 4.78 is 82.3. The number of nitrogens with zero attached hydrogens (tertiary/aromatic N) is 2. The maximum atomic E-state index is 13.2. The van der Waals surface area contributed by atoms with Crippen LogP contribution in [0.25, 0.3) is 16.6 Å². The third-order valence-electron chi connectivity index (χ3n) is 6.63. The summed E-state index contributed by atoms with van der Waals surface area (Å²) in [6, 6.07) is 14.3. The zero-order valence-electron chi connectivity index (χ0n) is 20.7. The van der Waals surface area contributed by atoms with Crippen LogP contribution in [-0.2, 0) is 11.3 Å². The predicted octanol–water partition coefficient (Wildman–Crippen LogP) is 6.79. The number of fused-ring (bicyclic) bond motifs is 1. The molecule has 1 saturated carbocycles. The molecule has 4 aromatic rings. The maximum absolute atomic E-state index is 13.2. The van der Waals surface area contributed by atoms with Gasteiger partial charge in [0.1, 0.15) is 11.2 Å². The predicted molar refractivity (Wildman–Crippen MR) is 137 cm³/mol. The summed E-state index contributed by atoms with van der Waals surface area (Å²) >= 11 is 6.22. The molecule has 41 heavy (non-hydrogen) atoms. The van der Waals surface area contributed by atoms with Gasteiger partial charge in [-0.3, -0.25) is 9.59 Å². The number of rotatable bonds is 7. The first-order valence-electron chi connectivity index (χ1n) is 12.1. The smallest absolute Gasteiger partial charge is 0.406 e. The minimum atomic E-state index is -4.82. The Morgan fingerprint density at radius 2 is 1.71 bits per heavy atom. The monoisotopic (exact) mass is 596 g/mol. The largest absolute Gasteiger partial charge is 0.573 e. The van der Waals surface area contributed by atoms with Gasteiger partial charge in [0.05, 0.1) is 33.7 Å². The Hall–Kier alpha value is -4.26. The molecule has 3 aromatic carbocycles. The van der Waals surface area contributed by atoms with Crippen molar-refractivity contribution in [3.05, 3.63) is 83.0 Å². The Kier molecular flexibility index (Phi) is 7.10. The quantitative estimate of drug-likeness (QED) is 0.230. The molecule has 0 radical (unpaired) electrons. The van der Waals surface area contributed by atoms with Crippen LogP contribution < -0.4 is 15.4 Å². The minimum absolute atomic E-state index is 0.0278. The van der Waals surface area contributed by atoms with Gasteiger partial charge in [-0.05, 0) is 66.9 Å². The molecule has 0 aliphatic heterocycles. The van der Waals surface area contributed by atoms with E-state index in [4.69, 9.17) is 11.6 Å². The molecule has 1 aromatic heterocycles. The van der Waals surface area contributed by atoms with Crippen molar-refractivity contribution in [2.75, 3.05) is 5.32 Å². The van der Waals surface area contributed by atoms with Gasteiger partial charge in [0.2, 0.25) is 5.91 Å². The second kappa shape index (κ2) is 10.3. The van der Waals surface area contributed by atoms with E-state index in [2.05, 4.69) is 20.5 Å². The molecule has 0 saturated heterocycles. The molecule has 1 aliphatic carbocycles. The highest BCUT2D eigenvalue weighted by molar-refractivity contribution is 6.34. The van der Waals surface area contributed by atoms with E-state index in [9.17, 15) is 35.9 Å². The van der Waals surface area contributed by atoms with Crippen LogP contribution in [0.5, 0.6) is 5.75 Å². The number of carbonyl (C=O) groups excluding carboxylic acids is 2. The van der Waals surface area contributed by atoms with Gasteiger partial charge in [0.25, 0.3) is 5.91 Å². The van der Waals surface area contributed by atoms with Crippen LogP contribution in [0, 0.1) is 5.41 Å². The van der Waals surface area contributed by atoms with E-state index in [0.29, 0.717) is 27.8 Å². The van der Waals surface area contributed by atoms with Crippen LogP contribution in [0.3, 0.4) is 0 Å². The second-order valence-electron chi connectivity index (χ2n) is 9.37. The second-order valence-corrected chi connectivity index (χ2v) is 9.77. The van der Waals surface area contributed by atoms with Crippen molar-refractivity contribution in [3.8, 4) is 11.4 Å². The van der Waals surface area contributed by atoms with Crippen molar-refractivity contribution in [2.24, 2.45) is 5.41 Å². The molecule has 2 N–H and O–H groups in total. The number of alkyl halides is 6. The van der Waals surface area contributed by atoms with Gasteiger partial charge in [-0.1, -0.05) is 23.7 Å². The third-order valence-corrected chi connectivity index (χ3v) is 6.96. The van der Waals surface area contributed by atoms with Crippen LogP contribution in [-0.4, -0.2) is 34.1 Å². The minimum Gasteiger partial charge on any atom is -0.406 e. The molecule has 0 atom stereocenters. The molecule has 2 amide bonds. The van der Waals surface area contributed by atoms with Crippen molar-refractivity contribution < 1.29 is 40.7 Å². The molecule has 14 heteroatoms. The fourth-order valence-electron chi connectivity index (χ4n) is 4.32. The summed E-state index contributed by atoms with van der Waals surface area (Å²) in [6.45, 7) is -0.233. The van der Waals surface area contributed by atoms with E-state index in [1.165, 1.54) is 41.2 Å². The van der Waals surface area contributed by atoms with E-state index >= 15 is 0 Å². The van der Waals surface area contributed by atoms with Crippen molar-refractivity contribution >= 4 is 40.0 Å². The molecule has 0 bridgehead atoms. The lowest BCUT2D eigenvalue weighted by atomic mass is 10.1. The highest BCUT2D eigenvalue weighted by Gasteiger charge is 2.68. The van der Waals surface area contributed by atoms with Crippen LogP contribution in [0.15, 0.2) is 66.9 Å². The fraction of sp³-hybridized carbons (Fsp3) is 0.222. The summed E-state index contributed by atoms with van der Waals surface area (Å²) in [6.07, 6.45) is -8.53. The maximum Gasteiger partial charge on any atom is 0.573 e. The topological polar surface area (TPSA) is 85.2 Å². The number of ether oxygens (including phenoxy) is 1. The Balaban J connectivity index is 1.32. The standard InChI is InChI=1S/C27H19ClF6N4O3/c28-20-9-4-15(13-35-24(40)25(10-11-25)26(29,30)31)12-18(20)23(39)37-21-2-1-3-22-19(21)14-36-38(22)16-5-7-17(8-6-16)41-27(32,33)34/h1-9,12,14H,10-11,13H2,(H,35,40)(H,37,39). The molecule has 1 fully saturated rings. The first-order chi connectivity index (χ1) is 19.3. The third kappa shape index (κ3) is 5.80. The fourth-order valence-corrected chi connectivity index (χ4v) is 4.52. The Morgan fingerprint density at radius 1 is 1.00 bits per heavy atom. The van der Waals surface area contributed by atoms with Gasteiger partial charge in [-0.15, -0.1) is 13.2 Å². The number of carbonyl (C=O) groups is 2. The molecule has 0 unspecified atom stereocenters. The Labute approximate surface area is 233 Å². The van der Waals surface area contributed by atoms with E-state index in [0.717, 1.165) is 12.1 Å². The van der Waals surface area contributed by atoms with Crippen LogP contribution >= 0.6 is 11.6 Å². The lowest BCUT2D eigenvalue weighted by molar-refractivity contribution is -0.274. The average molecular weight is 597 g/mol. The number of hydrogen-bond donors (Lipinski definition) is 2. The summed E-state index contributed by atoms with van der Waals surface area (Å²) in [5.41, 5.74) is -0.633. The molecule has 0 spiro atoms. The van der Waals surface area contributed by atoms with Crippen molar-refractivity contribution in [1.29, 1.82) is 0 Å². The number of amides is 2. The van der Waals surface area contributed by atoms with Crippen LogP contribution in [0.4, 0.5) is 32.0 Å². The molecule has 1 heterocycles. The van der Waals surface area contributed by atoms with E-state index in [-0.39, 0.29) is 30.0 Å². The summed E-state index contributed by atoms with van der Waals surface area (Å²) in [4.78, 5) is 25.3. The Bertz CT molecular complexity index is 1630. The SMILES string of the molecule is O=C(Nc1cccc2c1cnn2-c1ccc(OC(F)(F)F)cc1)c1cc(CNC(=O)C2(C(F)(F)F)CC2)ccc1Cl. The number of benzene rings is 3. The molecule has 214 valence electrons. The van der Waals surface area contributed by atoms with Gasteiger partial charge in [0.15, 0.2) is 0 Å². The zero-order valence-corrected chi connectivity index (χ0v) is 21.5. The van der Waals surface area contributed by atoms with E-state index in [1.807, 2.05) is 0 Å². The van der Waals surface area contributed by atoms with Crippen molar-refractivity contribution in [3.63, 3.8) is 0 Å². The first-order valence-corrected chi connectivity index (χ1v) is 12.4. The lowest BCUT2D eigenvalue weighted by Crippen LogP contribution is -2.40. The normalized spacial score (nSPS) is 14.5. The van der Waals surface area contributed by atoms with E-state index < -0.39 is 35.5 Å². The number of hydrogen-bond acceptors (Lipinski definition) is 4. The number of nitrogens with one attached hydrogen (secondary N) is 2. The van der Waals surface area contributed by atoms with Gasteiger partial charge in [-0.25, -0.2) is 4.68 Å². The number of halogens is 7. The lowest BCUT2D eigenvalue weighted by Gasteiger charge is -2.18. The average Bonchev–Trinajstić information content (AvgIpc) is 3.62. The van der Waals surface area contributed by atoms with E-state index in [1.54, 1.807) is 18.2 Å². The molecule has 5 rings (SSSR count). The van der Waals surface area contributed by atoms with Crippen molar-refractivity contribution in [1.82, 2.24) is 15.1 Å². The Morgan fingerprint density at radius 3 is 2.34 bits per heavy atom. The highest BCUT2D eigenvalue weighted by Crippen LogP contribution is 2.57. The number of anilines is 1. The summed E-state index contributed by atoms with van der Waals surface area (Å²) in [5.74, 6) is -2.13. The van der Waals surface area contributed by atoms with Gasteiger partial charge in [0, 0.05) is 11.9 Å². The summed E-state index contributed by atoms with van der Waals surface area (Å²) in [5, 5.41) is 9.89. The van der Waals surface area contributed by atoms with Crippen LogP contribution in [0.1, 0.15) is 28.8 Å². The molecular weight excluding hydrogens is 578 g/mol. The molecule has 7 nitrogen and oxygen atoms in total. The van der Waals surface area contributed by atoms with Gasteiger partial charge >= 0.3 is 12.5 Å².